The third-order valence-corrected chi connectivity index (χ3v) is 2.06. The number of carbonyl (C=O) groups excluding carboxylic acids is 1. The minimum atomic E-state index is -1.90. The fourth-order valence-corrected chi connectivity index (χ4v) is 1.19. The molecule has 0 aromatic carbocycles. The Kier molecular flexibility index (Phi) is 4.17. The summed E-state index contributed by atoms with van der Waals surface area (Å²) in [6, 6.07) is 0.914. The Morgan fingerprint density at radius 3 is 2.75 bits per heavy atom. The molecule has 1 aromatic rings. The summed E-state index contributed by atoms with van der Waals surface area (Å²) >= 11 is 5.45. The Balaban J connectivity index is 2.96. The first-order valence-electron chi connectivity index (χ1n) is 4.22. The van der Waals surface area contributed by atoms with Crippen LogP contribution in [0.1, 0.15) is 11.8 Å². The van der Waals surface area contributed by atoms with Gasteiger partial charge in [0.1, 0.15) is 17.6 Å². The highest BCUT2D eigenvalue weighted by molar-refractivity contribution is 6.30. The fraction of sp³-hybridized carbons (Fsp3) is 0.333. The summed E-state index contributed by atoms with van der Waals surface area (Å²) in [5.41, 5.74) is -0.470. The van der Waals surface area contributed by atoms with Gasteiger partial charge >= 0.3 is 5.97 Å². The standard InChI is InChI=1S/C9H9ClFNO4/c1-16-9(15)8(14)7(13)6-5(11)2-4(10)3-12-6/h2-3,7-8,13-14H,1H3. The third-order valence-electron chi connectivity index (χ3n) is 1.86. The number of methoxy groups -OCH3 is 1. The summed E-state index contributed by atoms with van der Waals surface area (Å²) in [5.74, 6) is -1.99. The SMILES string of the molecule is COC(=O)C(O)C(O)c1ncc(Cl)cc1F. The van der Waals surface area contributed by atoms with Crippen molar-refractivity contribution in [3.63, 3.8) is 0 Å². The highest BCUT2D eigenvalue weighted by Gasteiger charge is 2.29. The average Bonchev–Trinajstić information content (AvgIpc) is 2.26. The molecule has 0 aliphatic rings. The summed E-state index contributed by atoms with van der Waals surface area (Å²) in [4.78, 5) is 14.4. The second-order valence-electron chi connectivity index (χ2n) is 2.93. The van der Waals surface area contributed by atoms with Crippen LogP contribution in [0.2, 0.25) is 5.02 Å². The third kappa shape index (κ3) is 2.66. The molecular weight excluding hydrogens is 241 g/mol. The summed E-state index contributed by atoms with van der Waals surface area (Å²) < 4.78 is 17.5. The van der Waals surface area contributed by atoms with Gasteiger partial charge in [0, 0.05) is 6.20 Å². The highest BCUT2D eigenvalue weighted by Crippen LogP contribution is 2.21. The number of ether oxygens (including phenoxy) is 1. The first-order valence-corrected chi connectivity index (χ1v) is 4.60. The largest absolute Gasteiger partial charge is 0.467 e. The first-order chi connectivity index (χ1) is 7.47. The molecule has 0 radical (unpaired) electrons. The van der Waals surface area contributed by atoms with Gasteiger partial charge in [-0.2, -0.15) is 0 Å². The van der Waals surface area contributed by atoms with Crippen molar-refractivity contribution in [2.24, 2.45) is 0 Å². The lowest BCUT2D eigenvalue weighted by Crippen LogP contribution is -2.30. The van der Waals surface area contributed by atoms with E-state index >= 15 is 0 Å². The van der Waals surface area contributed by atoms with E-state index in [-0.39, 0.29) is 5.02 Å². The number of rotatable bonds is 3. The van der Waals surface area contributed by atoms with Gasteiger partial charge in [0.2, 0.25) is 0 Å². The molecule has 7 heteroatoms. The molecule has 0 amide bonds. The van der Waals surface area contributed by atoms with Crippen molar-refractivity contribution in [3.05, 3.63) is 28.8 Å². The van der Waals surface area contributed by atoms with Gasteiger partial charge in [-0.3, -0.25) is 4.98 Å². The maximum absolute atomic E-state index is 13.3. The minimum absolute atomic E-state index is 0.0426. The number of nitrogens with zero attached hydrogens (tertiary/aromatic N) is 1. The van der Waals surface area contributed by atoms with Gasteiger partial charge in [-0.25, -0.2) is 9.18 Å². The summed E-state index contributed by atoms with van der Waals surface area (Å²) in [6.07, 6.45) is -2.61. The van der Waals surface area contributed by atoms with Crippen LogP contribution in [0.4, 0.5) is 4.39 Å². The van der Waals surface area contributed by atoms with Crippen molar-refractivity contribution in [1.82, 2.24) is 4.98 Å². The van der Waals surface area contributed by atoms with E-state index in [0.717, 1.165) is 19.4 Å². The molecule has 0 fully saturated rings. The highest BCUT2D eigenvalue weighted by atomic mass is 35.5. The van der Waals surface area contributed by atoms with Crippen molar-refractivity contribution in [2.45, 2.75) is 12.2 Å². The minimum Gasteiger partial charge on any atom is -0.467 e. The second kappa shape index (κ2) is 5.20. The average molecular weight is 250 g/mol. The number of aliphatic hydroxyl groups is 2. The smallest absolute Gasteiger partial charge is 0.337 e. The lowest BCUT2D eigenvalue weighted by atomic mass is 10.1. The number of halogens is 2. The maximum atomic E-state index is 13.3. The molecule has 5 nitrogen and oxygen atoms in total. The second-order valence-corrected chi connectivity index (χ2v) is 3.37. The summed E-state index contributed by atoms with van der Waals surface area (Å²) in [7, 11) is 1.03. The lowest BCUT2D eigenvalue weighted by molar-refractivity contribution is -0.157. The van der Waals surface area contributed by atoms with Gasteiger partial charge in [0.05, 0.1) is 12.1 Å². The van der Waals surface area contributed by atoms with Crippen molar-refractivity contribution in [3.8, 4) is 0 Å². The van der Waals surface area contributed by atoms with E-state index in [1.165, 1.54) is 0 Å². The normalized spacial score (nSPS) is 14.3. The topological polar surface area (TPSA) is 79.7 Å². The van der Waals surface area contributed by atoms with Gasteiger partial charge < -0.3 is 14.9 Å². The molecule has 0 saturated carbocycles. The first kappa shape index (κ1) is 12.8. The number of carbonyl (C=O) groups is 1. The van der Waals surface area contributed by atoms with E-state index in [1.54, 1.807) is 0 Å². The van der Waals surface area contributed by atoms with E-state index in [2.05, 4.69) is 9.72 Å². The molecule has 0 saturated heterocycles. The van der Waals surface area contributed by atoms with Crippen LogP contribution in [-0.2, 0) is 9.53 Å². The molecule has 2 N–H and O–H groups in total. The zero-order valence-electron chi connectivity index (χ0n) is 8.22. The van der Waals surface area contributed by atoms with E-state index in [9.17, 15) is 19.4 Å². The molecule has 88 valence electrons. The molecule has 1 heterocycles. The van der Waals surface area contributed by atoms with Crippen molar-refractivity contribution < 1.29 is 24.1 Å². The van der Waals surface area contributed by atoms with Crippen LogP contribution in [0.25, 0.3) is 0 Å². The summed E-state index contributed by atoms with van der Waals surface area (Å²) in [6.45, 7) is 0. The Morgan fingerprint density at radius 2 is 2.25 bits per heavy atom. The Labute approximate surface area is 95.4 Å². The molecule has 2 atom stereocenters. The fourth-order valence-electron chi connectivity index (χ4n) is 1.04. The Hall–Kier alpha value is -1.24. The maximum Gasteiger partial charge on any atom is 0.337 e. The zero-order chi connectivity index (χ0) is 12.3. The molecule has 1 rings (SSSR count). The molecule has 16 heavy (non-hydrogen) atoms. The molecule has 0 aliphatic heterocycles. The van der Waals surface area contributed by atoms with Crippen LogP contribution in [-0.4, -0.2) is 34.4 Å². The number of hydrogen-bond acceptors (Lipinski definition) is 5. The van der Waals surface area contributed by atoms with Gasteiger partial charge in [0.25, 0.3) is 0 Å². The molecule has 0 aliphatic carbocycles. The number of hydrogen-bond donors (Lipinski definition) is 2. The zero-order valence-corrected chi connectivity index (χ0v) is 8.98. The molecule has 2 unspecified atom stereocenters. The quantitative estimate of drug-likeness (QED) is 0.760. The van der Waals surface area contributed by atoms with Crippen molar-refractivity contribution in [2.75, 3.05) is 7.11 Å². The van der Waals surface area contributed by atoms with E-state index in [1.807, 2.05) is 0 Å². The van der Waals surface area contributed by atoms with Gasteiger partial charge in [0.15, 0.2) is 6.10 Å². The van der Waals surface area contributed by atoms with Crippen LogP contribution >= 0.6 is 11.6 Å². The van der Waals surface area contributed by atoms with E-state index < -0.39 is 29.7 Å². The Morgan fingerprint density at radius 1 is 1.62 bits per heavy atom. The van der Waals surface area contributed by atoms with Crippen LogP contribution in [0.5, 0.6) is 0 Å². The molecular formula is C9H9ClFNO4. The predicted molar refractivity (Wildman–Crippen MR) is 52.2 cm³/mol. The molecule has 0 bridgehead atoms. The molecule has 1 aromatic heterocycles. The monoisotopic (exact) mass is 249 g/mol. The summed E-state index contributed by atoms with van der Waals surface area (Å²) in [5, 5.41) is 18.8. The predicted octanol–water partition coefficient (Wildman–Crippen LogP) is 0.441. The number of aliphatic hydroxyl groups excluding tert-OH is 2. The van der Waals surface area contributed by atoms with Gasteiger partial charge in [-0.1, -0.05) is 11.6 Å². The van der Waals surface area contributed by atoms with Crippen LogP contribution in [0, 0.1) is 5.82 Å². The van der Waals surface area contributed by atoms with E-state index in [4.69, 9.17) is 11.6 Å². The van der Waals surface area contributed by atoms with E-state index in [0.29, 0.717) is 0 Å². The van der Waals surface area contributed by atoms with Crippen LogP contribution < -0.4 is 0 Å². The van der Waals surface area contributed by atoms with Gasteiger partial charge in [-0.15, -0.1) is 0 Å². The molecule has 0 spiro atoms. The number of aromatic nitrogens is 1. The van der Waals surface area contributed by atoms with Crippen molar-refractivity contribution in [1.29, 1.82) is 0 Å². The Bertz CT molecular complexity index is 401. The van der Waals surface area contributed by atoms with Crippen LogP contribution in [0.3, 0.4) is 0 Å². The number of esters is 1. The van der Waals surface area contributed by atoms with Crippen molar-refractivity contribution >= 4 is 17.6 Å². The number of pyridine rings is 1. The lowest BCUT2D eigenvalue weighted by Gasteiger charge is -2.15. The van der Waals surface area contributed by atoms with Gasteiger partial charge in [-0.05, 0) is 6.07 Å². The van der Waals surface area contributed by atoms with Crippen LogP contribution in [0.15, 0.2) is 12.3 Å².